The molecule has 0 spiro atoms. The van der Waals surface area contributed by atoms with Crippen molar-refractivity contribution in [3.63, 3.8) is 0 Å². The zero-order valence-corrected chi connectivity index (χ0v) is 16.3. The Kier molecular flexibility index (Phi) is 9.12. The summed E-state index contributed by atoms with van der Waals surface area (Å²) in [5.41, 5.74) is 2.41. The Morgan fingerprint density at radius 1 is 0.960 bits per heavy atom. The van der Waals surface area contributed by atoms with E-state index in [9.17, 15) is 5.11 Å². The van der Waals surface area contributed by atoms with Gasteiger partial charge in [0.25, 0.3) is 0 Å². The van der Waals surface area contributed by atoms with E-state index in [0.29, 0.717) is 5.92 Å². The second kappa shape index (κ2) is 11.4. The van der Waals surface area contributed by atoms with E-state index in [-0.39, 0.29) is 0 Å². The molecule has 138 valence electrons. The number of aryl methyl sites for hydroxylation is 1. The highest BCUT2D eigenvalue weighted by Crippen LogP contribution is 2.33. The van der Waals surface area contributed by atoms with Crippen molar-refractivity contribution in [2.45, 2.75) is 90.6 Å². The van der Waals surface area contributed by atoms with Gasteiger partial charge in [0.1, 0.15) is 6.10 Å². The normalized spacial score (nSPS) is 21.4. The van der Waals surface area contributed by atoms with Crippen LogP contribution < -0.4 is 0 Å². The van der Waals surface area contributed by atoms with Gasteiger partial charge in [0.2, 0.25) is 0 Å². The summed E-state index contributed by atoms with van der Waals surface area (Å²) in [6, 6.07) is 8.55. The summed E-state index contributed by atoms with van der Waals surface area (Å²) in [6.07, 6.45) is 13.3. The lowest BCUT2D eigenvalue weighted by Gasteiger charge is -2.28. The third kappa shape index (κ3) is 7.66. The van der Waals surface area contributed by atoms with E-state index in [1.807, 2.05) is 0 Å². The van der Waals surface area contributed by atoms with Gasteiger partial charge in [0.05, 0.1) is 0 Å². The van der Waals surface area contributed by atoms with E-state index in [1.165, 1.54) is 63.4 Å². The Labute approximate surface area is 155 Å². The molecular formula is C24H36O. The zero-order chi connectivity index (χ0) is 17.9. The van der Waals surface area contributed by atoms with Crippen molar-refractivity contribution >= 4 is 0 Å². The fraction of sp³-hybridized carbons (Fsp3) is 0.667. The first-order chi connectivity index (χ1) is 12.2. The van der Waals surface area contributed by atoms with Crippen molar-refractivity contribution in [2.24, 2.45) is 11.8 Å². The molecule has 0 heterocycles. The molecule has 25 heavy (non-hydrogen) atoms. The number of hydrogen-bond acceptors (Lipinski definition) is 1. The first-order valence-electron chi connectivity index (χ1n) is 10.5. The highest BCUT2D eigenvalue weighted by atomic mass is 16.3. The molecule has 0 amide bonds. The molecular weight excluding hydrogens is 304 g/mol. The maximum absolute atomic E-state index is 10.3. The molecule has 0 aromatic heterocycles. The number of benzene rings is 1. The van der Waals surface area contributed by atoms with Gasteiger partial charge in [-0.25, -0.2) is 0 Å². The fourth-order valence-corrected chi connectivity index (χ4v) is 4.04. The fourth-order valence-electron chi connectivity index (χ4n) is 4.04. The van der Waals surface area contributed by atoms with Crippen LogP contribution in [0.25, 0.3) is 0 Å². The summed E-state index contributed by atoms with van der Waals surface area (Å²) in [6.45, 7) is 4.52. The highest BCUT2D eigenvalue weighted by molar-refractivity contribution is 5.36. The zero-order valence-electron chi connectivity index (χ0n) is 16.3. The molecule has 0 radical (unpaired) electrons. The van der Waals surface area contributed by atoms with Gasteiger partial charge in [-0.15, -0.1) is 0 Å². The van der Waals surface area contributed by atoms with Crippen LogP contribution in [0.1, 0.15) is 89.2 Å². The van der Waals surface area contributed by atoms with Crippen LogP contribution in [-0.4, -0.2) is 11.2 Å². The Hall–Kier alpha value is -1.26. The molecule has 1 aromatic carbocycles. The summed E-state index contributed by atoms with van der Waals surface area (Å²) in [5.74, 6) is 7.81. The van der Waals surface area contributed by atoms with Crippen LogP contribution in [-0.2, 0) is 6.42 Å². The molecule has 0 saturated heterocycles. The van der Waals surface area contributed by atoms with Crippen LogP contribution >= 0.6 is 0 Å². The van der Waals surface area contributed by atoms with Crippen LogP contribution in [0, 0.1) is 23.7 Å². The summed E-state index contributed by atoms with van der Waals surface area (Å²) in [4.78, 5) is 0. The Morgan fingerprint density at radius 3 is 2.28 bits per heavy atom. The topological polar surface area (TPSA) is 20.2 Å². The number of aliphatic hydroxyl groups is 1. The third-order valence-electron chi connectivity index (χ3n) is 5.63. The molecule has 1 unspecified atom stereocenters. The first-order valence-corrected chi connectivity index (χ1v) is 10.5. The van der Waals surface area contributed by atoms with Crippen molar-refractivity contribution in [3.8, 4) is 11.8 Å². The SMILES string of the molecule is CCCCCc1ccc(C#CC(O)CC2CCC(CCC)CC2)cc1. The molecule has 1 atom stereocenters. The molecule has 1 heteroatoms. The van der Waals surface area contributed by atoms with Gasteiger partial charge in [-0.3, -0.25) is 0 Å². The van der Waals surface area contributed by atoms with Gasteiger partial charge in [-0.05, 0) is 48.8 Å². The van der Waals surface area contributed by atoms with E-state index in [1.54, 1.807) is 0 Å². The quantitative estimate of drug-likeness (QED) is 0.446. The molecule has 1 aliphatic carbocycles. The maximum atomic E-state index is 10.3. The minimum absolute atomic E-state index is 0.475. The van der Waals surface area contributed by atoms with Gasteiger partial charge in [-0.2, -0.15) is 0 Å². The predicted octanol–water partition coefficient (Wildman–Crippen LogP) is 6.13. The number of aliphatic hydroxyl groups excluding tert-OH is 1. The minimum Gasteiger partial charge on any atom is -0.380 e. The highest BCUT2D eigenvalue weighted by Gasteiger charge is 2.22. The Balaban J connectivity index is 1.74. The van der Waals surface area contributed by atoms with Gasteiger partial charge < -0.3 is 5.11 Å². The molecule has 1 saturated carbocycles. The van der Waals surface area contributed by atoms with Gasteiger partial charge >= 0.3 is 0 Å². The molecule has 1 aromatic rings. The van der Waals surface area contributed by atoms with Crippen molar-refractivity contribution in [1.29, 1.82) is 0 Å². The molecule has 1 fully saturated rings. The lowest BCUT2D eigenvalue weighted by molar-refractivity contribution is 0.162. The summed E-state index contributed by atoms with van der Waals surface area (Å²) in [7, 11) is 0. The van der Waals surface area contributed by atoms with Crippen LogP contribution in [0.2, 0.25) is 0 Å². The number of rotatable bonds is 8. The molecule has 0 bridgehead atoms. The molecule has 1 aliphatic rings. The Bertz CT molecular complexity index is 525. The lowest BCUT2D eigenvalue weighted by Crippen LogP contribution is -2.19. The van der Waals surface area contributed by atoms with Gasteiger partial charge in [0, 0.05) is 5.56 Å². The molecule has 0 aliphatic heterocycles. The monoisotopic (exact) mass is 340 g/mol. The van der Waals surface area contributed by atoms with Crippen LogP contribution in [0.4, 0.5) is 0 Å². The third-order valence-corrected chi connectivity index (χ3v) is 5.63. The molecule has 1 nitrogen and oxygen atoms in total. The standard InChI is InChI=1S/C24H36O/c1-3-5-6-8-21-9-11-22(12-10-21)17-18-24(25)19-23-15-13-20(7-4-2)14-16-23/h9-12,20,23-25H,3-8,13-16,19H2,1-2H3. The summed E-state index contributed by atoms with van der Waals surface area (Å²) >= 11 is 0. The van der Waals surface area contributed by atoms with Crippen molar-refractivity contribution in [1.82, 2.24) is 0 Å². The molecule has 2 rings (SSSR count). The van der Waals surface area contributed by atoms with Crippen LogP contribution in [0.5, 0.6) is 0 Å². The molecule has 1 N–H and O–H groups in total. The second-order valence-corrected chi connectivity index (χ2v) is 7.85. The largest absolute Gasteiger partial charge is 0.380 e. The van der Waals surface area contributed by atoms with Crippen molar-refractivity contribution in [3.05, 3.63) is 35.4 Å². The maximum Gasteiger partial charge on any atom is 0.115 e. The summed E-state index contributed by atoms with van der Waals surface area (Å²) in [5, 5.41) is 10.3. The Morgan fingerprint density at radius 2 is 1.64 bits per heavy atom. The van der Waals surface area contributed by atoms with Crippen molar-refractivity contribution in [2.75, 3.05) is 0 Å². The average Bonchev–Trinajstić information content (AvgIpc) is 2.63. The smallest absolute Gasteiger partial charge is 0.115 e. The van der Waals surface area contributed by atoms with Crippen LogP contribution in [0.15, 0.2) is 24.3 Å². The van der Waals surface area contributed by atoms with E-state index < -0.39 is 6.10 Å². The van der Waals surface area contributed by atoms with E-state index in [2.05, 4.69) is 50.0 Å². The van der Waals surface area contributed by atoms with Gasteiger partial charge in [0.15, 0.2) is 0 Å². The van der Waals surface area contributed by atoms with E-state index >= 15 is 0 Å². The van der Waals surface area contributed by atoms with Gasteiger partial charge in [-0.1, -0.05) is 89.2 Å². The summed E-state index contributed by atoms with van der Waals surface area (Å²) < 4.78 is 0. The van der Waals surface area contributed by atoms with E-state index in [4.69, 9.17) is 0 Å². The van der Waals surface area contributed by atoms with Crippen molar-refractivity contribution < 1.29 is 5.11 Å². The second-order valence-electron chi connectivity index (χ2n) is 7.85. The average molecular weight is 341 g/mol. The number of hydrogen-bond donors (Lipinski definition) is 1. The van der Waals surface area contributed by atoms with E-state index in [0.717, 1.165) is 24.3 Å². The first kappa shape index (κ1) is 20.1. The van der Waals surface area contributed by atoms with Crippen LogP contribution in [0.3, 0.4) is 0 Å². The predicted molar refractivity (Wildman–Crippen MR) is 108 cm³/mol. The minimum atomic E-state index is -0.475. The lowest BCUT2D eigenvalue weighted by atomic mass is 9.78. The number of unbranched alkanes of at least 4 members (excludes halogenated alkanes) is 2.